The number of hydrogen-bond acceptors (Lipinski definition) is 3. The first-order valence-corrected chi connectivity index (χ1v) is 3.42. The largest absolute Gasteiger partial charge is 0.393 e. The fraction of sp³-hybridized carbons (Fsp3) is 0.833. The maximum absolute atomic E-state index is 10.8. The third-order valence-electron chi connectivity index (χ3n) is 1.92. The molecule has 58 valence electrons. The number of hydrazine groups is 1. The highest BCUT2D eigenvalue weighted by atomic mass is 16.3. The van der Waals surface area contributed by atoms with Crippen LogP contribution in [0.5, 0.6) is 0 Å². The molecule has 10 heavy (non-hydrogen) atoms. The zero-order valence-electron chi connectivity index (χ0n) is 5.71. The Morgan fingerprint density at radius 1 is 1.60 bits per heavy atom. The van der Waals surface area contributed by atoms with Gasteiger partial charge >= 0.3 is 0 Å². The molecule has 1 fully saturated rings. The second-order valence-corrected chi connectivity index (χ2v) is 2.67. The molecule has 0 aromatic heterocycles. The molecule has 1 aliphatic rings. The van der Waals surface area contributed by atoms with Crippen LogP contribution in [-0.2, 0) is 4.79 Å². The molecular weight excluding hydrogens is 132 g/mol. The number of carbonyl (C=O) groups is 1. The van der Waals surface area contributed by atoms with Gasteiger partial charge in [0.2, 0.25) is 5.91 Å². The average Bonchev–Trinajstić information content (AvgIpc) is 2.34. The van der Waals surface area contributed by atoms with Crippen LogP contribution in [0.3, 0.4) is 0 Å². The first-order valence-electron chi connectivity index (χ1n) is 3.42. The van der Waals surface area contributed by atoms with Crippen molar-refractivity contribution in [3.05, 3.63) is 0 Å². The molecule has 2 atom stereocenters. The van der Waals surface area contributed by atoms with Gasteiger partial charge in [-0.3, -0.25) is 10.2 Å². The topological polar surface area (TPSA) is 75.3 Å². The number of nitrogens with two attached hydrogens (primary N) is 1. The van der Waals surface area contributed by atoms with Crippen molar-refractivity contribution in [3.63, 3.8) is 0 Å². The number of nitrogens with one attached hydrogen (secondary N) is 1. The van der Waals surface area contributed by atoms with Gasteiger partial charge in [-0.2, -0.15) is 0 Å². The van der Waals surface area contributed by atoms with Crippen molar-refractivity contribution in [2.75, 3.05) is 0 Å². The molecule has 0 aromatic rings. The van der Waals surface area contributed by atoms with E-state index in [1.54, 1.807) is 0 Å². The molecule has 1 rings (SSSR count). The molecule has 0 spiro atoms. The quantitative estimate of drug-likeness (QED) is 0.254. The number of rotatable bonds is 1. The van der Waals surface area contributed by atoms with Crippen LogP contribution in [-0.4, -0.2) is 17.1 Å². The fourth-order valence-corrected chi connectivity index (χ4v) is 1.31. The minimum atomic E-state index is -0.303. The molecule has 4 nitrogen and oxygen atoms in total. The van der Waals surface area contributed by atoms with E-state index < -0.39 is 0 Å². The van der Waals surface area contributed by atoms with E-state index in [4.69, 9.17) is 10.9 Å². The normalized spacial score (nSPS) is 32.2. The van der Waals surface area contributed by atoms with Gasteiger partial charge in [0.1, 0.15) is 0 Å². The Labute approximate surface area is 59.4 Å². The van der Waals surface area contributed by atoms with Gasteiger partial charge in [-0.25, -0.2) is 5.84 Å². The molecule has 0 radical (unpaired) electrons. The molecule has 1 saturated carbocycles. The van der Waals surface area contributed by atoms with E-state index >= 15 is 0 Å². The number of aliphatic hydroxyl groups is 1. The number of amides is 1. The molecule has 0 saturated heterocycles. The first-order chi connectivity index (χ1) is 4.74. The Morgan fingerprint density at radius 3 is 2.70 bits per heavy atom. The highest BCUT2D eigenvalue weighted by molar-refractivity contribution is 5.78. The first kappa shape index (κ1) is 7.50. The third kappa shape index (κ3) is 1.46. The second kappa shape index (κ2) is 2.98. The zero-order valence-corrected chi connectivity index (χ0v) is 5.71. The Morgan fingerprint density at radius 2 is 2.30 bits per heavy atom. The lowest BCUT2D eigenvalue weighted by Crippen LogP contribution is -2.35. The maximum Gasteiger partial charge on any atom is 0.237 e. The number of carbonyl (C=O) groups excluding carboxylic acids is 1. The van der Waals surface area contributed by atoms with E-state index in [0.29, 0.717) is 6.42 Å². The molecule has 0 aromatic carbocycles. The monoisotopic (exact) mass is 144 g/mol. The van der Waals surface area contributed by atoms with Crippen molar-refractivity contribution in [3.8, 4) is 0 Å². The summed E-state index contributed by atoms with van der Waals surface area (Å²) < 4.78 is 0. The van der Waals surface area contributed by atoms with Crippen LogP contribution < -0.4 is 11.3 Å². The Bertz CT molecular complexity index is 138. The standard InChI is InChI=1S/C6H12N2O2/c7-8-6(10)4-1-2-5(9)3-4/h4-5,9H,1-3,7H2,(H,8,10)/t4?,5-/m1/s1. The summed E-state index contributed by atoms with van der Waals surface area (Å²) in [4.78, 5) is 10.8. The molecule has 1 amide bonds. The van der Waals surface area contributed by atoms with Gasteiger partial charge in [0, 0.05) is 5.92 Å². The molecular formula is C6H12N2O2. The number of hydrogen-bond donors (Lipinski definition) is 3. The van der Waals surface area contributed by atoms with Crippen LogP contribution in [0.4, 0.5) is 0 Å². The molecule has 1 unspecified atom stereocenters. The Hall–Kier alpha value is -0.610. The predicted molar refractivity (Wildman–Crippen MR) is 35.7 cm³/mol. The van der Waals surface area contributed by atoms with Crippen LogP contribution in [0, 0.1) is 5.92 Å². The van der Waals surface area contributed by atoms with Gasteiger partial charge in [0.15, 0.2) is 0 Å². The minimum Gasteiger partial charge on any atom is -0.393 e. The van der Waals surface area contributed by atoms with Crippen molar-refractivity contribution in [2.45, 2.75) is 25.4 Å². The van der Waals surface area contributed by atoms with Gasteiger partial charge in [0.05, 0.1) is 6.10 Å². The molecule has 0 heterocycles. The summed E-state index contributed by atoms with van der Waals surface area (Å²) in [7, 11) is 0. The van der Waals surface area contributed by atoms with Gasteiger partial charge < -0.3 is 5.11 Å². The van der Waals surface area contributed by atoms with Crippen molar-refractivity contribution in [1.82, 2.24) is 5.43 Å². The van der Waals surface area contributed by atoms with Crippen LogP contribution in [0.2, 0.25) is 0 Å². The molecule has 4 N–H and O–H groups in total. The van der Waals surface area contributed by atoms with Gasteiger partial charge in [-0.15, -0.1) is 0 Å². The van der Waals surface area contributed by atoms with Gasteiger partial charge in [-0.05, 0) is 19.3 Å². The van der Waals surface area contributed by atoms with Gasteiger partial charge in [0.25, 0.3) is 0 Å². The molecule has 0 bridgehead atoms. The third-order valence-corrected chi connectivity index (χ3v) is 1.92. The summed E-state index contributed by atoms with van der Waals surface area (Å²) in [6, 6.07) is 0. The molecule has 1 aliphatic carbocycles. The summed E-state index contributed by atoms with van der Waals surface area (Å²) in [6.45, 7) is 0. The van der Waals surface area contributed by atoms with E-state index in [0.717, 1.165) is 12.8 Å². The van der Waals surface area contributed by atoms with Crippen molar-refractivity contribution in [1.29, 1.82) is 0 Å². The lowest BCUT2D eigenvalue weighted by Gasteiger charge is -2.05. The van der Waals surface area contributed by atoms with Crippen molar-refractivity contribution < 1.29 is 9.90 Å². The molecule has 4 heteroatoms. The summed E-state index contributed by atoms with van der Waals surface area (Å²) in [6.07, 6.45) is 1.73. The van der Waals surface area contributed by atoms with E-state index in [1.807, 2.05) is 0 Å². The summed E-state index contributed by atoms with van der Waals surface area (Å²) in [5.74, 6) is 4.69. The van der Waals surface area contributed by atoms with E-state index in [9.17, 15) is 4.79 Å². The maximum atomic E-state index is 10.8. The summed E-state index contributed by atoms with van der Waals surface area (Å²) in [5.41, 5.74) is 2.08. The van der Waals surface area contributed by atoms with Crippen LogP contribution in [0.15, 0.2) is 0 Å². The number of aliphatic hydroxyl groups excluding tert-OH is 1. The lowest BCUT2D eigenvalue weighted by molar-refractivity contribution is -0.125. The highest BCUT2D eigenvalue weighted by Gasteiger charge is 2.27. The SMILES string of the molecule is NNC(=O)C1CC[C@@H](O)C1. The lowest BCUT2D eigenvalue weighted by atomic mass is 10.1. The zero-order chi connectivity index (χ0) is 7.56. The summed E-state index contributed by atoms with van der Waals surface area (Å²) in [5, 5.41) is 9.02. The summed E-state index contributed by atoms with van der Waals surface area (Å²) >= 11 is 0. The second-order valence-electron chi connectivity index (χ2n) is 2.67. The van der Waals surface area contributed by atoms with E-state index in [1.165, 1.54) is 0 Å². The van der Waals surface area contributed by atoms with Gasteiger partial charge in [-0.1, -0.05) is 0 Å². The van der Waals surface area contributed by atoms with Crippen LogP contribution in [0.25, 0.3) is 0 Å². The van der Waals surface area contributed by atoms with Crippen molar-refractivity contribution >= 4 is 5.91 Å². The fourth-order valence-electron chi connectivity index (χ4n) is 1.31. The smallest absolute Gasteiger partial charge is 0.237 e. The average molecular weight is 144 g/mol. The van der Waals surface area contributed by atoms with E-state index in [-0.39, 0.29) is 17.9 Å². The van der Waals surface area contributed by atoms with E-state index in [2.05, 4.69) is 5.43 Å². The van der Waals surface area contributed by atoms with Crippen molar-refractivity contribution in [2.24, 2.45) is 11.8 Å². The minimum absolute atomic E-state index is 0.0694. The Balaban J connectivity index is 2.37. The Kier molecular flexibility index (Phi) is 2.24. The predicted octanol–water partition coefficient (Wildman–Crippen LogP) is -0.863. The van der Waals surface area contributed by atoms with Crippen LogP contribution >= 0.6 is 0 Å². The molecule has 0 aliphatic heterocycles. The van der Waals surface area contributed by atoms with Crippen LogP contribution in [0.1, 0.15) is 19.3 Å². The highest BCUT2D eigenvalue weighted by Crippen LogP contribution is 2.24.